The second-order valence-electron chi connectivity index (χ2n) is 2.27. The number of hydrogen-bond donors (Lipinski definition) is 1. The van der Waals surface area contributed by atoms with Gasteiger partial charge in [-0.2, -0.15) is 0 Å². The quantitative estimate of drug-likeness (QED) is 0.451. The molecule has 0 radical (unpaired) electrons. The van der Waals surface area contributed by atoms with E-state index < -0.39 is 22.5 Å². The highest BCUT2D eigenvalue weighted by Gasteiger charge is 2.21. The third-order valence-electron chi connectivity index (χ3n) is 1.39. The summed E-state index contributed by atoms with van der Waals surface area (Å²) in [6.07, 6.45) is 2.44. The molecule has 1 rings (SSSR count). The summed E-state index contributed by atoms with van der Waals surface area (Å²) in [6, 6.07) is -0.432. The summed E-state index contributed by atoms with van der Waals surface area (Å²) in [6.45, 7) is 0. The lowest BCUT2D eigenvalue weighted by Gasteiger charge is -2.08. The number of nitrogens with zero attached hydrogens (tertiary/aromatic N) is 1. The fraction of sp³-hybridized carbons (Fsp3) is 0.333. The molecule has 0 saturated carbocycles. The molecule has 0 fully saturated rings. The van der Waals surface area contributed by atoms with Gasteiger partial charge in [0, 0.05) is 18.5 Å². The van der Waals surface area contributed by atoms with Crippen molar-refractivity contribution in [3.8, 4) is 0 Å². The van der Waals surface area contributed by atoms with Gasteiger partial charge in [-0.15, -0.1) is 0 Å². The van der Waals surface area contributed by atoms with Gasteiger partial charge < -0.3 is 5.73 Å². The summed E-state index contributed by atoms with van der Waals surface area (Å²) >= 11 is 0. The van der Waals surface area contributed by atoms with Crippen LogP contribution in [-0.2, 0) is 0 Å². The number of rotatable bonds is 1. The largest absolute Gasteiger partial charge is 0.324 e. The zero-order valence-electron chi connectivity index (χ0n) is 5.66. The van der Waals surface area contributed by atoms with Crippen LogP contribution in [-0.4, -0.2) is 11.0 Å². The first-order valence-corrected chi connectivity index (χ1v) is 3.08. The summed E-state index contributed by atoms with van der Waals surface area (Å²) in [5, 5.41) is 10.1. The maximum Gasteiger partial charge on any atom is 0.300 e. The summed E-state index contributed by atoms with van der Waals surface area (Å²) in [5.74, 6) is -0.745. The zero-order valence-corrected chi connectivity index (χ0v) is 5.66. The number of allylic oxidation sites excluding steroid dienone is 1. The SMILES string of the molecule is NC1C=CC([N+](=O)[O-])=C(F)C1. The maximum absolute atomic E-state index is 12.7. The third kappa shape index (κ3) is 1.62. The highest BCUT2D eigenvalue weighted by Crippen LogP contribution is 2.19. The molecule has 5 heteroatoms. The molecule has 0 bridgehead atoms. The molecule has 0 aromatic heterocycles. The maximum atomic E-state index is 12.7. The van der Waals surface area contributed by atoms with Gasteiger partial charge in [-0.05, 0) is 0 Å². The monoisotopic (exact) mass is 158 g/mol. The highest BCUT2D eigenvalue weighted by molar-refractivity contribution is 5.22. The average molecular weight is 158 g/mol. The van der Waals surface area contributed by atoms with Crippen LogP contribution in [0.15, 0.2) is 23.7 Å². The lowest BCUT2D eigenvalue weighted by molar-refractivity contribution is -0.421. The van der Waals surface area contributed by atoms with E-state index in [4.69, 9.17) is 5.73 Å². The Morgan fingerprint density at radius 3 is 2.91 bits per heavy atom. The Labute approximate surface area is 62.3 Å². The van der Waals surface area contributed by atoms with Crippen LogP contribution >= 0.6 is 0 Å². The van der Waals surface area contributed by atoms with Crippen molar-refractivity contribution in [3.63, 3.8) is 0 Å². The van der Waals surface area contributed by atoms with Crippen molar-refractivity contribution >= 4 is 0 Å². The first kappa shape index (κ1) is 7.87. The van der Waals surface area contributed by atoms with Gasteiger partial charge in [-0.25, -0.2) is 4.39 Å². The average Bonchev–Trinajstić information content (AvgIpc) is 1.85. The summed E-state index contributed by atoms with van der Waals surface area (Å²) in [7, 11) is 0. The van der Waals surface area contributed by atoms with Crippen LogP contribution in [0, 0.1) is 10.1 Å². The molecule has 0 aromatic carbocycles. The fourth-order valence-corrected chi connectivity index (χ4v) is 0.845. The van der Waals surface area contributed by atoms with E-state index >= 15 is 0 Å². The second-order valence-corrected chi connectivity index (χ2v) is 2.27. The van der Waals surface area contributed by atoms with E-state index in [0.717, 1.165) is 6.08 Å². The van der Waals surface area contributed by atoms with Gasteiger partial charge in [-0.1, -0.05) is 6.08 Å². The summed E-state index contributed by atoms with van der Waals surface area (Å²) in [5.41, 5.74) is 4.82. The van der Waals surface area contributed by atoms with E-state index in [1.807, 2.05) is 0 Å². The Balaban J connectivity index is 2.88. The smallest absolute Gasteiger partial charge is 0.300 e. The molecular formula is C6H7FN2O2. The molecular weight excluding hydrogens is 151 g/mol. The van der Waals surface area contributed by atoms with Gasteiger partial charge >= 0.3 is 0 Å². The van der Waals surface area contributed by atoms with E-state index in [1.165, 1.54) is 6.08 Å². The molecule has 0 spiro atoms. The molecule has 60 valence electrons. The zero-order chi connectivity index (χ0) is 8.43. The van der Waals surface area contributed by atoms with E-state index in [9.17, 15) is 14.5 Å². The van der Waals surface area contributed by atoms with Crippen molar-refractivity contribution in [3.05, 3.63) is 33.8 Å². The topological polar surface area (TPSA) is 69.2 Å². The minimum atomic E-state index is -0.752. The number of nitrogens with two attached hydrogens (primary N) is 1. The first-order valence-electron chi connectivity index (χ1n) is 3.08. The molecule has 0 saturated heterocycles. The Bertz CT molecular complexity index is 247. The molecule has 0 aliphatic heterocycles. The third-order valence-corrected chi connectivity index (χ3v) is 1.39. The van der Waals surface area contributed by atoms with Crippen molar-refractivity contribution in [2.24, 2.45) is 5.73 Å². The number of halogens is 1. The normalized spacial score (nSPS) is 24.0. The van der Waals surface area contributed by atoms with Crippen LogP contribution in [0.4, 0.5) is 4.39 Å². The Morgan fingerprint density at radius 1 is 1.82 bits per heavy atom. The highest BCUT2D eigenvalue weighted by atomic mass is 19.1. The number of hydrogen-bond acceptors (Lipinski definition) is 3. The molecule has 1 aliphatic carbocycles. The van der Waals surface area contributed by atoms with Gasteiger partial charge in [0.15, 0.2) is 5.83 Å². The lowest BCUT2D eigenvalue weighted by atomic mass is 10.1. The van der Waals surface area contributed by atoms with Crippen LogP contribution in [0.2, 0.25) is 0 Å². The summed E-state index contributed by atoms with van der Waals surface area (Å²) < 4.78 is 12.7. The molecule has 1 unspecified atom stereocenters. The van der Waals surface area contributed by atoms with Gasteiger partial charge in [0.25, 0.3) is 5.70 Å². The van der Waals surface area contributed by atoms with E-state index in [1.54, 1.807) is 0 Å². The van der Waals surface area contributed by atoms with Crippen LogP contribution in [0.5, 0.6) is 0 Å². The van der Waals surface area contributed by atoms with Crippen LogP contribution < -0.4 is 5.73 Å². The lowest BCUT2D eigenvalue weighted by Crippen LogP contribution is -2.20. The van der Waals surface area contributed by atoms with Gasteiger partial charge in [0.2, 0.25) is 0 Å². The first-order chi connectivity index (χ1) is 5.11. The van der Waals surface area contributed by atoms with Crippen LogP contribution in [0.3, 0.4) is 0 Å². The van der Waals surface area contributed by atoms with Crippen LogP contribution in [0.1, 0.15) is 6.42 Å². The molecule has 2 N–H and O–H groups in total. The van der Waals surface area contributed by atoms with Crippen molar-refractivity contribution in [1.82, 2.24) is 0 Å². The molecule has 11 heavy (non-hydrogen) atoms. The molecule has 1 aliphatic rings. The minimum absolute atomic E-state index is 0.0766. The van der Waals surface area contributed by atoms with E-state index in [2.05, 4.69) is 0 Å². The standard InChI is InChI=1S/C6H7FN2O2/c7-5-3-4(8)1-2-6(5)9(10)11/h1-2,4H,3,8H2. The molecule has 0 amide bonds. The Kier molecular flexibility index (Phi) is 2.00. The molecule has 0 aromatic rings. The van der Waals surface area contributed by atoms with Gasteiger partial charge in [0.05, 0.1) is 4.92 Å². The van der Waals surface area contributed by atoms with Crippen molar-refractivity contribution in [1.29, 1.82) is 0 Å². The van der Waals surface area contributed by atoms with Crippen molar-refractivity contribution in [2.75, 3.05) is 0 Å². The molecule has 1 atom stereocenters. The van der Waals surface area contributed by atoms with Crippen LogP contribution in [0.25, 0.3) is 0 Å². The predicted octanol–water partition coefficient (Wildman–Crippen LogP) is 0.731. The van der Waals surface area contributed by atoms with Gasteiger partial charge in [0.1, 0.15) is 0 Å². The molecule has 0 heterocycles. The van der Waals surface area contributed by atoms with E-state index in [0.29, 0.717) is 0 Å². The molecule has 4 nitrogen and oxygen atoms in total. The van der Waals surface area contributed by atoms with Crippen molar-refractivity contribution in [2.45, 2.75) is 12.5 Å². The minimum Gasteiger partial charge on any atom is -0.324 e. The van der Waals surface area contributed by atoms with Crippen molar-refractivity contribution < 1.29 is 9.31 Å². The summed E-state index contributed by atoms with van der Waals surface area (Å²) in [4.78, 5) is 9.33. The van der Waals surface area contributed by atoms with Gasteiger partial charge in [-0.3, -0.25) is 10.1 Å². The fourth-order valence-electron chi connectivity index (χ4n) is 0.845. The number of nitro groups is 1. The predicted molar refractivity (Wildman–Crippen MR) is 36.9 cm³/mol. The Morgan fingerprint density at radius 2 is 2.45 bits per heavy atom. The Hall–Kier alpha value is -1.23. The second kappa shape index (κ2) is 2.79. The van der Waals surface area contributed by atoms with E-state index in [-0.39, 0.29) is 6.42 Å².